The van der Waals surface area contributed by atoms with Gasteiger partial charge in [-0.1, -0.05) is 13.0 Å². The van der Waals surface area contributed by atoms with Crippen molar-refractivity contribution in [1.29, 1.82) is 0 Å². The largest absolute Gasteiger partial charge is 0.491 e. The normalized spacial score (nSPS) is 19.8. The Labute approximate surface area is 264 Å². The summed E-state index contributed by atoms with van der Waals surface area (Å²) in [4.78, 5) is 12.9. The van der Waals surface area contributed by atoms with E-state index in [9.17, 15) is 26.7 Å². The van der Waals surface area contributed by atoms with Gasteiger partial charge < -0.3 is 14.2 Å². The van der Waals surface area contributed by atoms with Crippen LogP contribution in [0.1, 0.15) is 70.8 Å². The Morgan fingerprint density at radius 3 is 1.76 bits per heavy atom. The van der Waals surface area contributed by atoms with E-state index < -0.39 is 63.7 Å². The minimum absolute atomic E-state index is 0.107. The summed E-state index contributed by atoms with van der Waals surface area (Å²) in [7, 11) is 0. The van der Waals surface area contributed by atoms with Gasteiger partial charge in [-0.05, 0) is 112 Å². The van der Waals surface area contributed by atoms with Gasteiger partial charge in [0, 0.05) is 16.7 Å². The van der Waals surface area contributed by atoms with E-state index >= 15 is 4.39 Å². The molecular weight excluding hydrogens is 610 g/mol. The van der Waals surface area contributed by atoms with Crippen LogP contribution in [-0.4, -0.2) is 19.2 Å². The Morgan fingerprint density at radius 2 is 1.20 bits per heavy atom. The van der Waals surface area contributed by atoms with Crippen molar-refractivity contribution in [2.24, 2.45) is 17.8 Å². The molecule has 3 aromatic carbocycles. The summed E-state index contributed by atoms with van der Waals surface area (Å²) in [6.07, 6.45) is 7.13. The summed E-state index contributed by atoms with van der Waals surface area (Å²) < 4.78 is 104. The van der Waals surface area contributed by atoms with Crippen molar-refractivity contribution in [3.63, 3.8) is 0 Å². The lowest BCUT2D eigenvalue weighted by atomic mass is 9.71. The minimum Gasteiger partial charge on any atom is -0.491 e. The zero-order valence-corrected chi connectivity index (χ0v) is 25.7. The first-order valence-corrected chi connectivity index (χ1v) is 15.8. The van der Waals surface area contributed by atoms with Crippen molar-refractivity contribution >= 4 is 11.5 Å². The average Bonchev–Trinajstić information content (AvgIpc) is 3.07. The lowest BCUT2D eigenvalue weighted by Gasteiger charge is -2.35. The second kappa shape index (κ2) is 14.6. The third-order valence-electron chi connectivity index (χ3n) is 8.97. The fraction of sp³-hybridized carbons (Fsp3) is 0.417. The fourth-order valence-corrected chi connectivity index (χ4v) is 6.47. The van der Waals surface area contributed by atoms with Gasteiger partial charge in [-0.15, -0.1) is 0 Å². The molecule has 2 aliphatic rings. The highest BCUT2D eigenvalue weighted by Gasteiger charge is 2.33. The van der Waals surface area contributed by atoms with E-state index in [0.717, 1.165) is 49.1 Å². The lowest BCUT2D eigenvalue weighted by molar-refractivity contribution is -0.140. The maximum absolute atomic E-state index is 15.0. The van der Waals surface area contributed by atoms with Crippen LogP contribution < -0.4 is 14.2 Å². The van der Waals surface area contributed by atoms with Gasteiger partial charge in [0.05, 0.1) is 19.1 Å². The second-order valence-corrected chi connectivity index (χ2v) is 11.8. The highest BCUT2D eigenvalue weighted by atomic mass is 19.2. The SMILES string of the molecule is CCCOc1ccc(-c2ccc(OC(=O)C3CCC(C4CC=C(c5ccc(OCC)c(F)c5F)CC4)CC3)c(F)c2F)c(F)c1F. The topological polar surface area (TPSA) is 44.8 Å². The Balaban J connectivity index is 1.17. The zero-order chi connectivity index (χ0) is 33.0. The molecule has 2 aliphatic carbocycles. The molecule has 0 radical (unpaired) electrons. The van der Waals surface area contributed by atoms with E-state index in [1.807, 2.05) is 6.08 Å². The summed E-state index contributed by atoms with van der Waals surface area (Å²) in [6.45, 7) is 3.90. The van der Waals surface area contributed by atoms with Crippen molar-refractivity contribution in [2.75, 3.05) is 13.2 Å². The van der Waals surface area contributed by atoms with Crippen LogP contribution in [0.4, 0.5) is 26.3 Å². The molecule has 0 heterocycles. The number of carbonyl (C=O) groups is 1. The minimum atomic E-state index is -1.47. The number of benzene rings is 3. The van der Waals surface area contributed by atoms with Crippen LogP contribution >= 0.6 is 0 Å². The molecule has 246 valence electrons. The molecule has 0 bridgehead atoms. The maximum Gasteiger partial charge on any atom is 0.314 e. The van der Waals surface area contributed by atoms with Crippen molar-refractivity contribution in [3.05, 3.63) is 82.9 Å². The number of hydrogen-bond donors (Lipinski definition) is 0. The van der Waals surface area contributed by atoms with Crippen LogP contribution in [0.15, 0.2) is 42.5 Å². The summed E-state index contributed by atoms with van der Waals surface area (Å²) in [5, 5.41) is 0. The number of carbonyl (C=O) groups excluding carboxylic acids is 1. The molecule has 10 heteroatoms. The van der Waals surface area contributed by atoms with Crippen molar-refractivity contribution in [2.45, 2.75) is 65.2 Å². The van der Waals surface area contributed by atoms with E-state index in [1.165, 1.54) is 6.07 Å². The van der Waals surface area contributed by atoms with Gasteiger partial charge in [0.1, 0.15) is 0 Å². The fourth-order valence-electron chi connectivity index (χ4n) is 6.47. The molecular formula is C36H36F6O4. The van der Waals surface area contributed by atoms with E-state index in [0.29, 0.717) is 43.9 Å². The Kier molecular flexibility index (Phi) is 10.6. The standard InChI is InChI=1S/C36H36F6O4/c1-3-19-45-28-17-14-25(31(38)34(28)41)26-15-18-29(35(42)32(26)39)46-36(43)23-11-7-21(8-12-23)20-5-9-22(10-6-20)24-13-16-27(44-4-2)33(40)30(24)37/h9,13-18,20-21,23H,3-8,10-12,19H2,1-2H3. The zero-order valence-electron chi connectivity index (χ0n) is 25.7. The second-order valence-electron chi connectivity index (χ2n) is 11.8. The van der Waals surface area contributed by atoms with Gasteiger partial charge in [-0.3, -0.25) is 4.79 Å². The predicted molar refractivity (Wildman–Crippen MR) is 161 cm³/mol. The molecule has 1 fully saturated rings. The smallest absolute Gasteiger partial charge is 0.314 e. The number of ether oxygens (including phenoxy) is 3. The monoisotopic (exact) mass is 646 g/mol. The van der Waals surface area contributed by atoms with Crippen molar-refractivity contribution in [3.8, 4) is 28.4 Å². The molecule has 5 rings (SSSR count). The first kappa shape index (κ1) is 33.4. The van der Waals surface area contributed by atoms with Gasteiger partial charge in [0.25, 0.3) is 0 Å². The van der Waals surface area contributed by atoms with Crippen LogP contribution in [0.25, 0.3) is 16.7 Å². The third kappa shape index (κ3) is 6.90. The number of rotatable bonds is 10. The first-order valence-electron chi connectivity index (χ1n) is 15.8. The van der Waals surface area contributed by atoms with Crippen LogP contribution in [0.5, 0.6) is 17.2 Å². The molecule has 0 spiro atoms. The quantitative estimate of drug-likeness (QED) is 0.125. The van der Waals surface area contributed by atoms with Crippen molar-refractivity contribution < 1.29 is 45.3 Å². The third-order valence-corrected chi connectivity index (χ3v) is 8.97. The predicted octanol–water partition coefficient (Wildman–Crippen LogP) is 9.97. The molecule has 46 heavy (non-hydrogen) atoms. The molecule has 0 saturated heterocycles. The number of allylic oxidation sites excluding steroid dienone is 2. The Morgan fingerprint density at radius 1 is 0.652 bits per heavy atom. The van der Waals surface area contributed by atoms with Crippen molar-refractivity contribution in [1.82, 2.24) is 0 Å². The maximum atomic E-state index is 15.0. The number of hydrogen-bond acceptors (Lipinski definition) is 4. The molecule has 1 atom stereocenters. The lowest BCUT2D eigenvalue weighted by Crippen LogP contribution is -2.29. The van der Waals surface area contributed by atoms with Gasteiger partial charge in [-0.25, -0.2) is 13.2 Å². The number of esters is 1. The molecule has 0 amide bonds. The molecule has 1 unspecified atom stereocenters. The van der Waals surface area contributed by atoms with Crippen LogP contribution in [0, 0.1) is 52.7 Å². The molecule has 0 N–H and O–H groups in total. The molecule has 3 aromatic rings. The Bertz CT molecular complexity index is 1610. The summed E-state index contributed by atoms with van der Waals surface area (Å²) in [6, 6.07) is 7.32. The molecule has 0 aromatic heterocycles. The van der Waals surface area contributed by atoms with Gasteiger partial charge in [0.2, 0.25) is 17.5 Å². The van der Waals surface area contributed by atoms with Gasteiger partial charge >= 0.3 is 5.97 Å². The van der Waals surface area contributed by atoms with Crippen LogP contribution in [0.2, 0.25) is 0 Å². The highest BCUT2D eigenvalue weighted by Crippen LogP contribution is 2.43. The Hall–Kier alpha value is -3.95. The van der Waals surface area contributed by atoms with Gasteiger partial charge in [-0.2, -0.15) is 13.2 Å². The average molecular weight is 647 g/mol. The summed E-state index contributed by atoms with van der Waals surface area (Å²) in [5.41, 5.74) is 0.000582. The van der Waals surface area contributed by atoms with Gasteiger partial charge in [0.15, 0.2) is 34.7 Å². The van der Waals surface area contributed by atoms with E-state index in [1.54, 1.807) is 19.9 Å². The van der Waals surface area contributed by atoms with E-state index in [-0.39, 0.29) is 30.3 Å². The molecule has 1 saturated carbocycles. The molecule has 0 aliphatic heterocycles. The summed E-state index contributed by atoms with van der Waals surface area (Å²) in [5.74, 6) is -9.12. The number of halogens is 6. The summed E-state index contributed by atoms with van der Waals surface area (Å²) >= 11 is 0. The molecule has 4 nitrogen and oxygen atoms in total. The van der Waals surface area contributed by atoms with E-state index in [2.05, 4.69) is 0 Å². The first-order chi connectivity index (χ1) is 22.1. The highest BCUT2D eigenvalue weighted by molar-refractivity contribution is 5.76. The van der Waals surface area contributed by atoms with E-state index in [4.69, 9.17) is 14.2 Å². The van der Waals surface area contributed by atoms with Crippen LogP contribution in [-0.2, 0) is 4.79 Å². The van der Waals surface area contributed by atoms with Crippen LogP contribution in [0.3, 0.4) is 0 Å².